The number of hydrogen-bond acceptors (Lipinski definition) is 5. The molecule has 1 fully saturated rings. The zero-order chi connectivity index (χ0) is 17.3. The minimum absolute atomic E-state index is 0.0832. The van der Waals surface area contributed by atoms with E-state index in [9.17, 15) is 19.1 Å². The standard InChI is InChI=1S/C18H16FNO4/c1-10(22)12-4-5-15(14(19)8-12)24-18-16(17(23)11-2-3-11)13(9-21)6-7-20-18/h4-11,22H,2-3H2,1H3. The van der Waals surface area contributed by atoms with Gasteiger partial charge in [-0.15, -0.1) is 0 Å². The Bertz CT molecular complexity index is 800. The summed E-state index contributed by atoms with van der Waals surface area (Å²) < 4.78 is 19.6. The van der Waals surface area contributed by atoms with Crippen molar-refractivity contribution in [3.8, 4) is 11.6 Å². The van der Waals surface area contributed by atoms with Crippen molar-refractivity contribution in [2.75, 3.05) is 0 Å². The summed E-state index contributed by atoms with van der Waals surface area (Å²) in [4.78, 5) is 27.6. The smallest absolute Gasteiger partial charge is 0.230 e. The zero-order valence-corrected chi connectivity index (χ0v) is 13.0. The molecule has 3 rings (SSSR count). The van der Waals surface area contributed by atoms with Crippen molar-refractivity contribution in [3.05, 3.63) is 53.0 Å². The van der Waals surface area contributed by atoms with E-state index in [-0.39, 0.29) is 34.5 Å². The van der Waals surface area contributed by atoms with Crippen LogP contribution in [0.15, 0.2) is 30.5 Å². The Labute approximate surface area is 138 Å². The molecule has 1 atom stereocenters. The highest BCUT2D eigenvalue weighted by molar-refractivity contribution is 6.06. The topological polar surface area (TPSA) is 76.5 Å². The molecular formula is C18H16FNO4. The van der Waals surface area contributed by atoms with Gasteiger partial charge < -0.3 is 9.84 Å². The molecule has 1 aliphatic carbocycles. The van der Waals surface area contributed by atoms with Crippen LogP contribution in [0.2, 0.25) is 0 Å². The number of aliphatic hydroxyl groups excluding tert-OH is 1. The monoisotopic (exact) mass is 329 g/mol. The van der Waals surface area contributed by atoms with E-state index < -0.39 is 11.9 Å². The van der Waals surface area contributed by atoms with Gasteiger partial charge in [-0.1, -0.05) is 6.07 Å². The van der Waals surface area contributed by atoms with E-state index in [1.165, 1.54) is 31.3 Å². The Hall–Kier alpha value is -2.60. The summed E-state index contributed by atoms with van der Waals surface area (Å²) in [5, 5.41) is 9.48. The van der Waals surface area contributed by atoms with E-state index >= 15 is 0 Å². The molecule has 0 spiro atoms. The van der Waals surface area contributed by atoms with Crippen LogP contribution in [0.25, 0.3) is 0 Å². The highest BCUT2D eigenvalue weighted by atomic mass is 19.1. The average Bonchev–Trinajstić information content (AvgIpc) is 3.40. The highest BCUT2D eigenvalue weighted by Gasteiger charge is 2.34. The SMILES string of the molecule is CC(O)c1ccc(Oc2nccc(C=O)c2C(=O)C2CC2)c(F)c1. The number of carbonyl (C=O) groups is 2. The predicted molar refractivity (Wildman–Crippen MR) is 83.8 cm³/mol. The Morgan fingerprint density at radius 3 is 2.75 bits per heavy atom. The Kier molecular flexibility index (Phi) is 4.40. The lowest BCUT2D eigenvalue weighted by Gasteiger charge is -2.12. The molecule has 1 N–H and O–H groups in total. The number of carbonyl (C=O) groups excluding carboxylic acids is 2. The molecule has 0 radical (unpaired) electrons. The van der Waals surface area contributed by atoms with Crippen molar-refractivity contribution in [2.24, 2.45) is 5.92 Å². The fourth-order valence-electron chi connectivity index (χ4n) is 2.39. The molecule has 1 saturated carbocycles. The molecular weight excluding hydrogens is 313 g/mol. The van der Waals surface area contributed by atoms with Crippen LogP contribution in [0.5, 0.6) is 11.6 Å². The first-order valence-electron chi connectivity index (χ1n) is 7.65. The van der Waals surface area contributed by atoms with Crippen LogP contribution in [0.4, 0.5) is 4.39 Å². The molecule has 1 unspecified atom stereocenters. The second kappa shape index (κ2) is 6.49. The van der Waals surface area contributed by atoms with E-state index in [2.05, 4.69) is 4.98 Å². The number of rotatable bonds is 6. The van der Waals surface area contributed by atoms with Crippen LogP contribution >= 0.6 is 0 Å². The number of aromatic nitrogens is 1. The Balaban J connectivity index is 1.98. The number of pyridine rings is 1. The summed E-state index contributed by atoms with van der Waals surface area (Å²) in [5.41, 5.74) is 0.677. The first-order chi connectivity index (χ1) is 11.5. The summed E-state index contributed by atoms with van der Waals surface area (Å²) in [7, 11) is 0. The van der Waals surface area contributed by atoms with Crippen LogP contribution in [-0.4, -0.2) is 22.2 Å². The molecule has 0 bridgehead atoms. The first-order valence-corrected chi connectivity index (χ1v) is 7.65. The van der Waals surface area contributed by atoms with Gasteiger partial charge in [0.2, 0.25) is 5.88 Å². The van der Waals surface area contributed by atoms with E-state index in [0.717, 1.165) is 18.9 Å². The largest absolute Gasteiger partial charge is 0.435 e. The lowest BCUT2D eigenvalue weighted by atomic mass is 10.0. The lowest BCUT2D eigenvalue weighted by Crippen LogP contribution is -2.09. The first kappa shape index (κ1) is 16.3. The number of nitrogens with zero attached hydrogens (tertiary/aromatic N) is 1. The van der Waals surface area contributed by atoms with E-state index in [1.807, 2.05) is 0 Å². The van der Waals surface area contributed by atoms with Crippen molar-refractivity contribution in [3.63, 3.8) is 0 Å². The number of ketones is 1. The summed E-state index contributed by atoms with van der Waals surface area (Å²) in [6.07, 6.45) is 2.63. The molecule has 24 heavy (non-hydrogen) atoms. The van der Waals surface area contributed by atoms with Gasteiger partial charge in [-0.2, -0.15) is 0 Å². The van der Waals surface area contributed by atoms with Crippen molar-refractivity contribution < 1.29 is 23.8 Å². The number of Topliss-reactive ketones (excluding diaryl/α,β-unsaturated/α-hetero) is 1. The van der Waals surface area contributed by atoms with Gasteiger partial charge in [-0.3, -0.25) is 9.59 Å². The molecule has 124 valence electrons. The lowest BCUT2D eigenvalue weighted by molar-refractivity contribution is 0.0958. The van der Waals surface area contributed by atoms with Gasteiger partial charge >= 0.3 is 0 Å². The van der Waals surface area contributed by atoms with Crippen molar-refractivity contribution in [1.82, 2.24) is 4.98 Å². The van der Waals surface area contributed by atoms with Crippen LogP contribution in [0.1, 0.15) is 52.1 Å². The highest BCUT2D eigenvalue weighted by Crippen LogP contribution is 2.37. The van der Waals surface area contributed by atoms with Crippen molar-refractivity contribution >= 4 is 12.1 Å². The third kappa shape index (κ3) is 3.19. The molecule has 1 aromatic heterocycles. The molecule has 1 heterocycles. The average molecular weight is 329 g/mol. The van der Waals surface area contributed by atoms with E-state index in [0.29, 0.717) is 11.8 Å². The third-order valence-corrected chi connectivity index (χ3v) is 3.91. The Morgan fingerprint density at radius 2 is 2.17 bits per heavy atom. The minimum atomic E-state index is -0.808. The zero-order valence-electron chi connectivity index (χ0n) is 13.0. The fraction of sp³-hybridized carbons (Fsp3) is 0.278. The molecule has 5 nitrogen and oxygen atoms in total. The maximum absolute atomic E-state index is 14.2. The maximum Gasteiger partial charge on any atom is 0.230 e. The molecule has 0 amide bonds. The fourth-order valence-corrected chi connectivity index (χ4v) is 2.39. The van der Waals surface area contributed by atoms with Gasteiger partial charge in [0, 0.05) is 17.7 Å². The van der Waals surface area contributed by atoms with E-state index in [1.54, 1.807) is 0 Å². The molecule has 1 aromatic carbocycles. The number of aliphatic hydroxyl groups is 1. The van der Waals surface area contributed by atoms with Gasteiger partial charge in [0.25, 0.3) is 0 Å². The summed E-state index contributed by atoms with van der Waals surface area (Å²) >= 11 is 0. The van der Waals surface area contributed by atoms with Gasteiger partial charge in [-0.25, -0.2) is 9.37 Å². The number of aldehydes is 1. The normalized spacial score (nSPS) is 15.0. The second-order valence-corrected chi connectivity index (χ2v) is 5.80. The predicted octanol–water partition coefficient (Wildman–Crippen LogP) is 3.47. The van der Waals surface area contributed by atoms with Gasteiger partial charge in [0.05, 0.1) is 11.7 Å². The number of hydrogen-bond donors (Lipinski definition) is 1. The number of halogens is 1. The van der Waals surface area contributed by atoms with Gasteiger partial charge in [0.15, 0.2) is 23.6 Å². The number of ether oxygens (including phenoxy) is 1. The minimum Gasteiger partial charge on any atom is -0.435 e. The molecule has 1 aliphatic rings. The van der Waals surface area contributed by atoms with E-state index in [4.69, 9.17) is 4.74 Å². The van der Waals surface area contributed by atoms with Crippen molar-refractivity contribution in [1.29, 1.82) is 0 Å². The number of benzene rings is 1. The summed E-state index contributed by atoms with van der Waals surface area (Å²) in [6.45, 7) is 1.52. The maximum atomic E-state index is 14.2. The third-order valence-electron chi connectivity index (χ3n) is 3.91. The Morgan fingerprint density at radius 1 is 1.42 bits per heavy atom. The van der Waals surface area contributed by atoms with Gasteiger partial charge in [-0.05, 0) is 43.5 Å². The summed E-state index contributed by atoms with van der Waals surface area (Å²) in [6, 6.07) is 5.47. The molecule has 0 saturated heterocycles. The van der Waals surface area contributed by atoms with Crippen LogP contribution in [-0.2, 0) is 0 Å². The molecule has 0 aliphatic heterocycles. The van der Waals surface area contributed by atoms with Crippen molar-refractivity contribution in [2.45, 2.75) is 25.9 Å². The second-order valence-electron chi connectivity index (χ2n) is 5.80. The van der Waals surface area contributed by atoms with Crippen LogP contribution in [0, 0.1) is 11.7 Å². The quantitative estimate of drug-likeness (QED) is 0.648. The molecule has 6 heteroatoms. The van der Waals surface area contributed by atoms with Crippen LogP contribution in [0.3, 0.4) is 0 Å². The van der Waals surface area contributed by atoms with Crippen LogP contribution < -0.4 is 4.74 Å². The molecule has 2 aromatic rings. The summed E-state index contributed by atoms with van der Waals surface area (Å²) in [5.74, 6) is -1.23. The van der Waals surface area contributed by atoms with Gasteiger partial charge in [0.1, 0.15) is 0 Å².